The second kappa shape index (κ2) is 7.21. The molecule has 0 saturated heterocycles. The Morgan fingerprint density at radius 2 is 2.04 bits per heavy atom. The molecule has 2 heterocycles. The number of hydrogen-bond donors (Lipinski definition) is 1. The van der Waals surface area contributed by atoms with Crippen LogP contribution in [-0.4, -0.2) is 19.5 Å². The molecule has 0 aliphatic carbocycles. The summed E-state index contributed by atoms with van der Waals surface area (Å²) in [5.41, 5.74) is 3.95. The van der Waals surface area contributed by atoms with E-state index in [1.165, 1.54) is 22.9 Å². The summed E-state index contributed by atoms with van der Waals surface area (Å²) in [5.74, 6) is 1.12. The fourth-order valence-electron chi connectivity index (χ4n) is 3.02. The highest BCUT2D eigenvalue weighted by molar-refractivity contribution is 7.98. The molecule has 27 heavy (non-hydrogen) atoms. The Bertz CT molecular complexity index is 1200. The maximum absolute atomic E-state index is 12.3. The number of H-pyrrole nitrogens is 1. The normalized spacial score (nSPS) is 11.2. The number of hydrogen-bond acceptors (Lipinski definition) is 4. The minimum atomic E-state index is -0.184. The van der Waals surface area contributed by atoms with Gasteiger partial charge in [-0.2, -0.15) is 0 Å². The lowest BCUT2D eigenvalue weighted by atomic mass is 10.1. The Kier molecular flexibility index (Phi) is 4.76. The van der Waals surface area contributed by atoms with Gasteiger partial charge in [0.15, 0.2) is 5.16 Å². The zero-order valence-electron chi connectivity index (χ0n) is 14.9. The van der Waals surface area contributed by atoms with Gasteiger partial charge in [-0.15, -0.1) is 0 Å². The molecule has 0 spiro atoms. The van der Waals surface area contributed by atoms with Crippen molar-refractivity contribution in [3.63, 3.8) is 0 Å². The van der Waals surface area contributed by atoms with Crippen LogP contribution in [0.25, 0.3) is 16.6 Å². The van der Waals surface area contributed by atoms with E-state index in [-0.39, 0.29) is 5.56 Å². The third kappa shape index (κ3) is 3.63. The van der Waals surface area contributed by atoms with Crippen molar-refractivity contribution in [2.45, 2.75) is 24.8 Å². The molecule has 1 N–H and O–H groups in total. The number of aryl methyl sites for hydroxylation is 2. The lowest BCUT2D eigenvalue weighted by Gasteiger charge is -2.11. The van der Waals surface area contributed by atoms with Crippen LogP contribution in [0.15, 0.2) is 58.7 Å². The molecular formula is C20H17ClN4OS. The topological polar surface area (TPSA) is 63.6 Å². The number of imidazole rings is 1. The Morgan fingerprint density at radius 3 is 2.85 bits per heavy atom. The number of aromatic nitrogens is 4. The van der Waals surface area contributed by atoms with Crippen LogP contribution < -0.4 is 5.56 Å². The van der Waals surface area contributed by atoms with Crippen molar-refractivity contribution in [3.8, 4) is 5.69 Å². The Balaban J connectivity index is 1.62. The van der Waals surface area contributed by atoms with Crippen molar-refractivity contribution in [2.24, 2.45) is 0 Å². The highest BCUT2D eigenvalue weighted by atomic mass is 35.5. The van der Waals surface area contributed by atoms with Gasteiger partial charge in [-0.1, -0.05) is 41.1 Å². The van der Waals surface area contributed by atoms with Gasteiger partial charge in [0.1, 0.15) is 5.82 Å². The largest absolute Gasteiger partial charge is 0.309 e. The fourth-order valence-corrected chi connectivity index (χ4v) is 4.02. The number of benzene rings is 2. The quantitative estimate of drug-likeness (QED) is 0.509. The van der Waals surface area contributed by atoms with E-state index >= 15 is 0 Å². The summed E-state index contributed by atoms with van der Waals surface area (Å²) in [6, 6.07) is 11.5. The van der Waals surface area contributed by atoms with Gasteiger partial charge < -0.3 is 4.98 Å². The Morgan fingerprint density at radius 1 is 1.19 bits per heavy atom. The number of thioether (sulfide) groups is 1. The standard InChI is InChI=1S/C20H17ClN4OS/c1-12-3-6-17(13(2)9-12)25-8-7-22-20(25)27-11-18-23-16-5-4-14(21)10-15(16)19(26)24-18/h3-10H,11H2,1-2H3,(H,23,24,26). The van der Waals surface area contributed by atoms with E-state index in [4.69, 9.17) is 11.6 Å². The number of aromatic amines is 1. The van der Waals surface area contributed by atoms with Crippen LogP contribution in [-0.2, 0) is 5.75 Å². The maximum Gasteiger partial charge on any atom is 0.258 e. The first kappa shape index (κ1) is 17.8. The Labute approximate surface area is 165 Å². The number of fused-ring (bicyclic) bond motifs is 1. The summed E-state index contributed by atoms with van der Waals surface area (Å²) < 4.78 is 2.05. The molecule has 0 amide bonds. The molecule has 0 unspecified atom stereocenters. The van der Waals surface area contributed by atoms with E-state index in [1.807, 2.05) is 6.20 Å². The van der Waals surface area contributed by atoms with E-state index < -0.39 is 0 Å². The van der Waals surface area contributed by atoms with Crippen LogP contribution in [0.3, 0.4) is 0 Å². The first-order valence-electron chi connectivity index (χ1n) is 8.43. The molecule has 0 bridgehead atoms. The van der Waals surface area contributed by atoms with Crippen molar-refractivity contribution in [1.82, 2.24) is 19.5 Å². The fraction of sp³-hybridized carbons (Fsp3) is 0.150. The van der Waals surface area contributed by atoms with Crippen LogP contribution >= 0.6 is 23.4 Å². The summed E-state index contributed by atoms with van der Waals surface area (Å²) in [6.45, 7) is 4.17. The van der Waals surface area contributed by atoms with Gasteiger partial charge in [0.25, 0.3) is 5.56 Å². The molecule has 2 aromatic heterocycles. The number of rotatable bonds is 4. The molecule has 0 fully saturated rings. The highest BCUT2D eigenvalue weighted by Gasteiger charge is 2.10. The molecule has 0 saturated carbocycles. The zero-order valence-corrected chi connectivity index (χ0v) is 16.4. The molecule has 4 aromatic rings. The van der Waals surface area contributed by atoms with E-state index in [0.29, 0.717) is 27.5 Å². The predicted octanol–water partition coefficient (Wildman–Crippen LogP) is 4.67. The summed E-state index contributed by atoms with van der Waals surface area (Å²) in [6.07, 6.45) is 3.72. The highest BCUT2D eigenvalue weighted by Crippen LogP contribution is 2.25. The zero-order chi connectivity index (χ0) is 19.0. The van der Waals surface area contributed by atoms with Gasteiger partial charge in [-0.25, -0.2) is 9.97 Å². The van der Waals surface area contributed by atoms with Crippen LogP contribution in [0.4, 0.5) is 0 Å². The van der Waals surface area contributed by atoms with Gasteiger partial charge in [-0.3, -0.25) is 9.36 Å². The lowest BCUT2D eigenvalue weighted by molar-refractivity contribution is 0.884. The summed E-state index contributed by atoms with van der Waals surface area (Å²) in [5, 5.41) is 1.86. The van der Waals surface area contributed by atoms with E-state index in [9.17, 15) is 4.79 Å². The maximum atomic E-state index is 12.3. The van der Waals surface area contributed by atoms with Gasteiger partial charge in [-0.05, 0) is 43.7 Å². The molecular weight excluding hydrogens is 380 g/mol. The molecule has 0 aliphatic rings. The van der Waals surface area contributed by atoms with Crippen LogP contribution in [0, 0.1) is 13.8 Å². The molecule has 5 nitrogen and oxygen atoms in total. The molecule has 0 atom stereocenters. The average Bonchev–Trinajstić information content (AvgIpc) is 3.09. The Hall–Kier alpha value is -2.57. The SMILES string of the molecule is Cc1ccc(-n2ccnc2SCc2nc3ccc(Cl)cc3c(=O)[nH]2)c(C)c1. The summed E-state index contributed by atoms with van der Waals surface area (Å²) in [4.78, 5) is 24.1. The van der Waals surface area contributed by atoms with E-state index in [0.717, 1.165) is 10.8 Å². The third-order valence-electron chi connectivity index (χ3n) is 4.27. The number of nitrogens with one attached hydrogen (secondary N) is 1. The molecule has 0 radical (unpaired) electrons. The van der Waals surface area contributed by atoms with Crippen molar-refractivity contribution >= 4 is 34.3 Å². The average molecular weight is 397 g/mol. The molecule has 2 aromatic carbocycles. The summed E-state index contributed by atoms with van der Waals surface area (Å²) >= 11 is 7.49. The minimum Gasteiger partial charge on any atom is -0.309 e. The van der Waals surface area contributed by atoms with Gasteiger partial charge in [0, 0.05) is 17.4 Å². The van der Waals surface area contributed by atoms with E-state index in [1.54, 1.807) is 24.4 Å². The van der Waals surface area contributed by atoms with Crippen molar-refractivity contribution < 1.29 is 0 Å². The number of nitrogens with zero attached hydrogens (tertiary/aromatic N) is 3. The molecule has 7 heteroatoms. The smallest absolute Gasteiger partial charge is 0.258 e. The monoisotopic (exact) mass is 396 g/mol. The van der Waals surface area contributed by atoms with E-state index in [2.05, 4.69) is 51.6 Å². The van der Waals surface area contributed by atoms with Crippen LogP contribution in [0.5, 0.6) is 0 Å². The first-order chi connectivity index (χ1) is 13.0. The summed E-state index contributed by atoms with van der Waals surface area (Å²) in [7, 11) is 0. The molecule has 4 rings (SSSR count). The second-order valence-electron chi connectivity index (χ2n) is 6.33. The van der Waals surface area contributed by atoms with Crippen molar-refractivity contribution in [3.05, 3.63) is 81.1 Å². The minimum absolute atomic E-state index is 0.184. The third-order valence-corrected chi connectivity index (χ3v) is 5.49. The lowest BCUT2D eigenvalue weighted by Crippen LogP contribution is -2.11. The number of halogens is 1. The van der Waals surface area contributed by atoms with Gasteiger partial charge in [0.2, 0.25) is 0 Å². The van der Waals surface area contributed by atoms with Crippen molar-refractivity contribution in [1.29, 1.82) is 0 Å². The van der Waals surface area contributed by atoms with Gasteiger partial charge in [0.05, 0.1) is 22.3 Å². The first-order valence-corrected chi connectivity index (χ1v) is 9.80. The van der Waals surface area contributed by atoms with Gasteiger partial charge >= 0.3 is 0 Å². The molecule has 0 aliphatic heterocycles. The predicted molar refractivity (Wildman–Crippen MR) is 110 cm³/mol. The van der Waals surface area contributed by atoms with Crippen LogP contribution in [0.2, 0.25) is 5.02 Å². The second-order valence-corrected chi connectivity index (χ2v) is 7.71. The van der Waals surface area contributed by atoms with Crippen molar-refractivity contribution in [2.75, 3.05) is 0 Å². The molecule has 136 valence electrons. The van der Waals surface area contributed by atoms with Crippen LogP contribution in [0.1, 0.15) is 17.0 Å².